The van der Waals surface area contributed by atoms with Gasteiger partial charge in [0.1, 0.15) is 0 Å². The fourth-order valence-corrected chi connectivity index (χ4v) is 3.34. The first-order valence-corrected chi connectivity index (χ1v) is 10.5. The summed E-state index contributed by atoms with van der Waals surface area (Å²) in [5.41, 5.74) is 2.49. The molecule has 0 aliphatic heterocycles. The second-order valence-corrected chi connectivity index (χ2v) is 7.87. The van der Waals surface area contributed by atoms with Crippen molar-refractivity contribution in [2.45, 2.75) is 33.4 Å². The summed E-state index contributed by atoms with van der Waals surface area (Å²) < 4.78 is 5.11. The fraction of sp³-hybridized carbons (Fsp3) is 0.250. The van der Waals surface area contributed by atoms with Crippen LogP contribution in [0.5, 0.6) is 0 Å². The van der Waals surface area contributed by atoms with E-state index in [4.69, 9.17) is 16.0 Å². The molecule has 0 saturated heterocycles. The van der Waals surface area contributed by atoms with Gasteiger partial charge in [0, 0.05) is 23.2 Å². The van der Waals surface area contributed by atoms with Crippen LogP contribution in [0.3, 0.4) is 0 Å². The summed E-state index contributed by atoms with van der Waals surface area (Å²) in [4.78, 5) is 27.4. The Morgan fingerprint density at radius 3 is 2.32 bits per heavy atom. The highest BCUT2D eigenvalue weighted by Crippen LogP contribution is 2.27. The molecule has 2 N–H and O–H groups in total. The number of amides is 2. The van der Waals surface area contributed by atoms with Crippen LogP contribution in [-0.4, -0.2) is 29.3 Å². The van der Waals surface area contributed by atoms with E-state index in [9.17, 15) is 9.59 Å². The van der Waals surface area contributed by atoms with Gasteiger partial charge < -0.3 is 15.1 Å². The molecule has 31 heavy (non-hydrogen) atoms. The maximum Gasteiger partial charge on any atom is 0.291 e. The van der Waals surface area contributed by atoms with Crippen molar-refractivity contribution >= 4 is 34.8 Å². The molecule has 7 heteroatoms. The van der Waals surface area contributed by atoms with E-state index in [1.54, 1.807) is 42.5 Å². The summed E-state index contributed by atoms with van der Waals surface area (Å²) in [6, 6.07) is 16.0. The number of hydrogen-bond acceptors (Lipinski definition) is 4. The molecule has 0 fully saturated rings. The molecule has 0 spiro atoms. The van der Waals surface area contributed by atoms with E-state index < -0.39 is 5.91 Å². The molecule has 0 aliphatic rings. The van der Waals surface area contributed by atoms with Crippen molar-refractivity contribution in [1.82, 2.24) is 4.90 Å². The first kappa shape index (κ1) is 22.6. The minimum absolute atomic E-state index is 0.162. The van der Waals surface area contributed by atoms with Gasteiger partial charge in [0.05, 0.1) is 17.6 Å². The van der Waals surface area contributed by atoms with Crippen molar-refractivity contribution in [2.75, 3.05) is 17.2 Å². The molecule has 3 aromatic rings. The second kappa shape index (κ2) is 10.3. The van der Waals surface area contributed by atoms with Crippen LogP contribution in [0.15, 0.2) is 65.3 Å². The highest BCUT2D eigenvalue weighted by Gasteiger charge is 2.15. The molecule has 6 nitrogen and oxygen atoms in total. The number of nitrogens with one attached hydrogen (secondary N) is 2. The Balaban J connectivity index is 1.72. The Bertz CT molecular complexity index is 1030. The van der Waals surface area contributed by atoms with Gasteiger partial charge >= 0.3 is 0 Å². The van der Waals surface area contributed by atoms with Gasteiger partial charge in [-0.05, 0) is 68.4 Å². The van der Waals surface area contributed by atoms with Crippen molar-refractivity contribution in [1.29, 1.82) is 0 Å². The van der Waals surface area contributed by atoms with Crippen LogP contribution in [0.4, 0.5) is 11.4 Å². The number of hydrogen-bond donors (Lipinski definition) is 2. The predicted molar refractivity (Wildman–Crippen MR) is 124 cm³/mol. The monoisotopic (exact) mass is 439 g/mol. The van der Waals surface area contributed by atoms with Crippen LogP contribution < -0.4 is 10.6 Å². The van der Waals surface area contributed by atoms with Crippen LogP contribution in [0, 0.1) is 0 Å². The second-order valence-electron chi connectivity index (χ2n) is 7.43. The van der Waals surface area contributed by atoms with Gasteiger partial charge in [0.2, 0.25) is 0 Å². The first-order chi connectivity index (χ1) is 14.9. The summed E-state index contributed by atoms with van der Waals surface area (Å²) in [6.45, 7) is 8.26. The lowest BCUT2D eigenvalue weighted by atomic mass is 10.1. The third-order valence-electron chi connectivity index (χ3n) is 4.96. The number of halogens is 1. The van der Waals surface area contributed by atoms with Crippen LogP contribution in [-0.2, 0) is 6.54 Å². The minimum atomic E-state index is -0.433. The van der Waals surface area contributed by atoms with Gasteiger partial charge in [-0.15, -0.1) is 0 Å². The summed E-state index contributed by atoms with van der Waals surface area (Å²) in [5, 5.41) is 5.99. The van der Waals surface area contributed by atoms with Crippen molar-refractivity contribution in [2.24, 2.45) is 0 Å². The molecule has 1 heterocycles. The van der Waals surface area contributed by atoms with E-state index in [0.29, 0.717) is 28.0 Å². The van der Waals surface area contributed by atoms with E-state index >= 15 is 0 Å². The first-order valence-electron chi connectivity index (χ1n) is 10.2. The third-order valence-corrected chi connectivity index (χ3v) is 5.20. The average molecular weight is 440 g/mol. The minimum Gasteiger partial charge on any atom is -0.459 e. The number of carbonyl (C=O) groups is 2. The van der Waals surface area contributed by atoms with Gasteiger partial charge in [-0.25, -0.2) is 0 Å². The lowest BCUT2D eigenvalue weighted by Crippen LogP contribution is -2.29. The SMILES string of the molecule is CCN(Cc1ccc(C(=O)Nc2ccc(Cl)cc2NC(=O)c2ccco2)cc1)C(C)C. The molecular formula is C24H26ClN3O3. The van der Waals surface area contributed by atoms with E-state index in [1.165, 1.54) is 6.26 Å². The molecule has 0 bridgehead atoms. The van der Waals surface area contributed by atoms with Crippen LogP contribution in [0.25, 0.3) is 0 Å². The topological polar surface area (TPSA) is 74.6 Å². The van der Waals surface area contributed by atoms with Gasteiger partial charge in [-0.2, -0.15) is 0 Å². The molecule has 2 aromatic carbocycles. The molecule has 162 valence electrons. The summed E-state index contributed by atoms with van der Waals surface area (Å²) >= 11 is 6.08. The standard InChI is InChI=1S/C24H26ClN3O3/c1-4-28(16(2)3)15-17-7-9-18(10-8-17)23(29)26-20-12-11-19(25)14-21(20)27-24(30)22-6-5-13-31-22/h5-14,16H,4,15H2,1-3H3,(H,26,29)(H,27,30). The Labute approximate surface area is 187 Å². The van der Waals surface area contributed by atoms with Crippen LogP contribution in [0.1, 0.15) is 47.2 Å². The quantitative estimate of drug-likeness (QED) is 0.474. The number of rotatable bonds is 8. The summed E-state index contributed by atoms with van der Waals surface area (Å²) in [6.07, 6.45) is 1.42. The molecule has 0 radical (unpaired) electrons. The third kappa shape index (κ3) is 5.96. The van der Waals surface area contributed by atoms with E-state index in [-0.39, 0.29) is 11.7 Å². The Morgan fingerprint density at radius 1 is 1.00 bits per heavy atom. The number of nitrogens with zero attached hydrogens (tertiary/aromatic N) is 1. The van der Waals surface area contributed by atoms with Crippen LogP contribution in [0.2, 0.25) is 5.02 Å². The molecule has 0 unspecified atom stereocenters. The summed E-state index contributed by atoms with van der Waals surface area (Å²) in [7, 11) is 0. The number of anilines is 2. The van der Waals surface area contributed by atoms with E-state index in [0.717, 1.165) is 18.7 Å². The Morgan fingerprint density at radius 2 is 1.71 bits per heavy atom. The maximum atomic E-state index is 12.8. The average Bonchev–Trinajstić information content (AvgIpc) is 3.29. The normalized spacial score (nSPS) is 11.0. The molecule has 3 rings (SSSR count). The number of benzene rings is 2. The summed E-state index contributed by atoms with van der Waals surface area (Å²) in [5.74, 6) is -0.549. The van der Waals surface area contributed by atoms with Crippen molar-refractivity contribution in [3.63, 3.8) is 0 Å². The van der Waals surface area contributed by atoms with Gasteiger partial charge in [-0.1, -0.05) is 30.7 Å². The van der Waals surface area contributed by atoms with Gasteiger partial charge in [-0.3, -0.25) is 14.5 Å². The van der Waals surface area contributed by atoms with E-state index in [1.807, 2.05) is 12.1 Å². The van der Waals surface area contributed by atoms with Crippen molar-refractivity contribution < 1.29 is 14.0 Å². The zero-order chi connectivity index (χ0) is 22.4. The molecule has 2 amide bonds. The molecule has 0 aliphatic carbocycles. The highest BCUT2D eigenvalue weighted by atomic mass is 35.5. The largest absolute Gasteiger partial charge is 0.459 e. The van der Waals surface area contributed by atoms with Gasteiger partial charge in [0.15, 0.2) is 5.76 Å². The Hall–Kier alpha value is -3.09. The van der Waals surface area contributed by atoms with Crippen molar-refractivity contribution in [3.8, 4) is 0 Å². The maximum absolute atomic E-state index is 12.8. The smallest absolute Gasteiger partial charge is 0.291 e. The van der Waals surface area contributed by atoms with Crippen molar-refractivity contribution in [3.05, 3.63) is 82.8 Å². The van der Waals surface area contributed by atoms with E-state index in [2.05, 4.69) is 36.3 Å². The number of furan rings is 1. The van der Waals surface area contributed by atoms with Gasteiger partial charge in [0.25, 0.3) is 11.8 Å². The molecular weight excluding hydrogens is 414 g/mol. The zero-order valence-electron chi connectivity index (χ0n) is 17.8. The highest BCUT2D eigenvalue weighted by molar-refractivity contribution is 6.31. The molecule has 0 atom stereocenters. The van der Waals surface area contributed by atoms with Crippen LogP contribution >= 0.6 is 11.6 Å². The fourth-order valence-electron chi connectivity index (χ4n) is 3.17. The lowest BCUT2D eigenvalue weighted by Gasteiger charge is -2.24. The molecule has 0 saturated carbocycles. The Kier molecular flexibility index (Phi) is 7.50. The lowest BCUT2D eigenvalue weighted by molar-refractivity contribution is 0.0993. The molecule has 1 aromatic heterocycles. The predicted octanol–water partition coefficient (Wildman–Crippen LogP) is 5.67. The number of carbonyl (C=O) groups excluding carboxylic acids is 2. The zero-order valence-corrected chi connectivity index (χ0v) is 18.6.